The van der Waals surface area contributed by atoms with Gasteiger partial charge in [-0.15, -0.1) is 0 Å². The number of benzene rings is 3. The highest BCUT2D eigenvalue weighted by Gasteiger charge is 2.41. The summed E-state index contributed by atoms with van der Waals surface area (Å²) < 4.78 is 33.6. The van der Waals surface area contributed by atoms with Gasteiger partial charge in [-0.25, -0.2) is 0 Å². The molecule has 1 heterocycles. The molecule has 0 radical (unpaired) electrons. The van der Waals surface area contributed by atoms with E-state index >= 15 is 0 Å². The molecule has 0 spiro atoms. The van der Waals surface area contributed by atoms with E-state index in [1.165, 1.54) is 0 Å². The maximum atomic E-state index is 13.1. The lowest BCUT2D eigenvalue weighted by Gasteiger charge is -2.24. The minimum absolute atomic E-state index is 0.232. The topological polar surface area (TPSA) is 72.5 Å². The van der Waals surface area contributed by atoms with Crippen LogP contribution in [-0.2, 0) is 0 Å². The van der Waals surface area contributed by atoms with E-state index in [0.29, 0.717) is 40.1 Å². The number of hydrogen-bond acceptors (Lipinski definition) is 7. The van der Waals surface area contributed by atoms with Crippen LogP contribution in [0.4, 0.5) is 0 Å². The van der Waals surface area contributed by atoms with Crippen LogP contribution in [0.3, 0.4) is 0 Å². The van der Waals surface area contributed by atoms with E-state index in [4.69, 9.17) is 28.4 Å². The van der Waals surface area contributed by atoms with E-state index in [9.17, 15) is 4.79 Å². The van der Waals surface area contributed by atoms with Gasteiger partial charge in [-0.1, -0.05) is 0 Å². The summed E-state index contributed by atoms with van der Waals surface area (Å²) in [6.45, 7) is 0. The SMILES string of the molecule is COc1ccc(OC(Oc2ccc(OC)cc2)C2Oc3cc(OC)ccc3C2=O)cc1. The third kappa shape index (κ3) is 4.35. The first-order valence-corrected chi connectivity index (χ1v) is 9.61. The molecule has 7 nitrogen and oxygen atoms in total. The summed E-state index contributed by atoms with van der Waals surface area (Å²) in [5.41, 5.74) is 0.451. The van der Waals surface area contributed by atoms with Crippen molar-refractivity contribution in [2.24, 2.45) is 0 Å². The zero-order chi connectivity index (χ0) is 21.8. The van der Waals surface area contributed by atoms with Crippen molar-refractivity contribution in [2.45, 2.75) is 12.4 Å². The number of hydrogen-bond donors (Lipinski definition) is 0. The van der Waals surface area contributed by atoms with Crippen molar-refractivity contribution in [3.63, 3.8) is 0 Å². The number of fused-ring (bicyclic) bond motifs is 1. The van der Waals surface area contributed by atoms with Crippen LogP contribution in [0.5, 0.6) is 34.5 Å². The Hall–Kier alpha value is -3.87. The Bertz CT molecular complexity index is 995. The van der Waals surface area contributed by atoms with Crippen molar-refractivity contribution >= 4 is 5.78 Å². The van der Waals surface area contributed by atoms with Gasteiger partial charge in [-0.3, -0.25) is 4.79 Å². The molecule has 160 valence electrons. The van der Waals surface area contributed by atoms with E-state index in [-0.39, 0.29) is 5.78 Å². The summed E-state index contributed by atoms with van der Waals surface area (Å²) in [5, 5.41) is 0. The highest BCUT2D eigenvalue weighted by molar-refractivity contribution is 6.05. The molecule has 3 aromatic carbocycles. The van der Waals surface area contributed by atoms with Gasteiger partial charge in [-0.05, 0) is 60.7 Å². The second-order valence-corrected chi connectivity index (χ2v) is 6.72. The number of Topliss-reactive ketones (excluding diaryl/α,β-unsaturated/α-hetero) is 1. The van der Waals surface area contributed by atoms with Gasteiger partial charge >= 0.3 is 0 Å². The van der Waals surface area contributed by atoms with E-state index in [1.807, 2.05) is 0 Å². The molecule has 0 N–H and O–H groups in total. The first kappa shape index (κ1) is 20.4. The number of methoxy groups -OCH3 is 3. The molecular weight excluding hydrogens is 400 g/mol. The molecule has 1 aliphatic rings. The lowest BCUT2D eigenvalue weighted by molar-refractivity contribution is -0.0564. The van der Waals surface area contributed by atoms with Crippen LogP contribution in [0, 0.1) is 0 Å². The van der Waals surface area contributed by atoms with Crippen LogP contribution in [0.15, 0.2) is 66.7 Å². The van der Waals surface area contributed by atoms with Gasteiger partial charge in [0.2, 0.25) is 11.9 Å². The molecule has 1 unspecified atom stereocenters. The molecule has 0 saturated carbocycles. The molecule has 0 aliphatic carbocycles. The largest absolute Gasteiger partial charge is 0.497 e. The quantitative estimate of drug-likeness (QED) is 0.505. The summed E-state index contributed by atoms with van der Waals surface area (Å²) in [5.74, 6) is 3.17. The van der Waals surface area contributed by atoms with Crippen molar-refractivity contribution in [2.75, 3.05) is 21.3 Å². The Balaban J connectivity index is 1.61. The summed E-state index contributed by atoms with van der Waals surface area (Å²) >= 11 is 0. The summed E-state index contributed by atoms with van der Waals surface area (Å²) in [6, 6.07) is 19.0. The van der Waals surface area contributed by atoms with Crippen LogP contribution in [0.2, 0.25) is 0 Å². The molecular formula is C24H22O7. The minimum atomic E-state index is -1.03. The predicted octanol–water partition coefficient (Wildman–Crippen LogP) is 4.14. The lowest BCUT2D eigenvalue weighted by atomic mass is 10.1. The minimum Gasteiger partial charge on any atom is -0.497 e. The fourth-order valence-corrected chi connectivity index (χ4v) is 3.18. The monoisotopic (exact) mass is 422 g/mol. The van der Waals surface area contributed by atoms with Crippen molar-refractivity contribution in [3.8, 4) is 34.5 Å². The average Bonchev–Trinajstić information content (AvgIpc) is 3.15. The summed E-state index contributed by atoms with van der Waals surface area (Å²) in [4.78, 5) is 13.1. The van der Waals surface area contributed by atoms with E-state index < -0.39 is 12.4 Å². The fourth-order valence-electron chi connectivity index (χ4n) is 3.18. The fraction of sp³-hybridized carbons (Fsp3) is 0.208. The number of carbonyl (C=O) groups is 1. The third-order valence-electron chi connectivity index (χ3n) is 4.84. The summed E-state index contributed by atoms with van der Waals surface area (Å²) in [6.07, 6.45) is -2.03. The van der Waals surface area contributed by atoms with Gasteiger partial charge in [-0.2, -0.15) is 0 Å². The van der Waals surface area contributed by atoms with Gasteiger partial charge < -0.3 is 28.4 Å². The van der Waals surface area contributed by atoms with Crippen molar-refractivity contribution in [3.05, 3.63) is 72.3 Å². The third-order valence-corrected chi connectivity index (χ3v) is 4.84. The first-order chi connectivity index (χ1) is 15.1. The van der Waals surface area contributed by atoms with Gasteiger partial charge in [0.25, 0.3) is 6.29 Å². The number of ketones is 1. The highest BCUT2D eigenvalue weighted by Crippen LogP contribution is 2.35. The summed E-state index contributed by atoms with van der Waals surface area (Å²) in [7, 11) is 4.72. The second kappa shape index (κ2) is 8.87. The number of rotatable bonds is 8. The van der Waals surface area contributed by atoms with Gasteiger partial charge in [0.1, 0.15) is 34.5 Å². The smallest absolute Gasteiger partial charge is 0.285 e. The molecule has 7 heteroatoms. The predicted molar refractivity (Wildman–Crippen MR) is 113 cm³/mol. The molecule has 0 bridgehead atoms. The number of ether oxygens (including phenoxy) is 6. The molecule has 4 rings (SSSR count). The molecule has 0 fully saturated rings. The molecule has 0 saturated heterocycles. The zero-order valence-electron chi connectivity index (χ0n) is 17.4. The zero-order valence-corrected chi connectivity index (χ0v) is 17.4. The molecule has 3 aromatic rings. The number of carbonyl (C=O) groups excluding carboxylic acids is 1. The van der Waals surface area contributed by atoms with E-state index in [2.05, 4.69) is 0 Å². The van der Waals surface area contributed by atoms with Gasteiger partial charge in [0, 0.05) is 6.07 Å². The van der Waals surface area contributed by atoms with E-state index in [0.717, 1.165) is 0 Å². The molecule has 1 aliphatic heterocycles. The molecule has 31 heavy (non-hydrogen) atoms. The Morgan fingerprint density at radius 2 is 1.13 bits per heavy atom. The normalized spacial score (nSPS) is 14.6. The van der Waals surface area contributed by atoms with Crippen molar-refractivity contribution < 1.29 is 33.2 Å². The lowest BCUT2D eigenvalue weighted by Crippen LogP contribution is -2.43. The van der Waals surface area contributed by atoms with Crippen LogP contribution >= 0.6 is 0 Å². The maximum Gasteiger partial charge on any atom is 0.285 e. The van der Waals surface area contributed by atoms with Crippen LogP contribution < -0.4 is 28.4 Å². The Morgan fingerprint density at radius 3 is 1.61 bits per heavy atom. The Labute approximate surface area is 180 Å². The van der Waals surface area contributed by atoms with Gasteiger partial charge in [0.05, 0.1) is 26.9 Å². The molecule has 1 atom stereocenters. The van der Waals surface area contributed by atoms with Crippen molar-refractivity contribution in [1.29, 1.82) is 0 Å². The standard InChI is InChI=1S/C24H22O7/c1-26-15-4-8-17(9-5-15)29-24(30-18-10-6-16(27-2)7-11-18)23-22(25)20-13-12-19(28-3)14-21(20)31-23/h4-14,23-24H,1-3H3. The average molecular weight is 422 g/mol. The Kier molecular flexibility index (Phi) is 5.84. The van der Waals surface area contributed by atoms with Crippen LogP contribution in [-0.4, -0.2) is 39.5 Å². The second-order valence-electron chi connectivity index (χ2n) is 6.72. The van der Waals surface area contributed by atoms with Crippen LogP contribution in [0.25, 0.3) is 0 Å². The molecule has 0 amide bonds. The van der Waals surface area contributed by atoms with Gasteiger partial charge in [0.15, 0.2) is 0 Å². The van der Waals surface area contributed by atoms with Crippen LogP contribution in [0.1, 0.15) is 10.4 Å². The first-order valence-electron chi connectivity index (χ1n) is 9.61. The molecule has 0 aromatic heterocycles. The Morgan fingerprint density at radius 1 is 0.677 bits per heavy atom. The van der Waals surface area contributed by atoms with Crippen molar-refractivity contribution in [1.82, 2.24) is 0 Å². The van der Waals surface area contributed by atoms with E-state index in [1.54, 1.807) is 88.1 Å². The maximum absolute atomic E-state index is 13.1. The highest BCUT2D eigenvalue weighted by atomic mass is 16.7.